The topological polar surface area (TPSA) is 359 Å². The van der Waals surface area contributed by atoms with E-state index in [2.05, 4.69) is 0 Å². The number of rotatable bonds is 50. The van der Waals surface area contributed by atoms with Gasteiger partial charge >= 0.3 is 139 Å². The molecule has 0 amide bonds. The van der Waals surface area contributed by atoms with E-state index >= 15 is 0 Å². The number of fused-ring (bicyclic) bond motifs is 4. The Balaban J connectivity index is 0.000000661. The molecule has 578 valence electrons. The maximum absolute atomic E-state index is 11.8. The first-order valence-corrected chi connectivity index (χ1v) is 62.6. The molecule has 7 atom stereocenters. The monoisotopic (exact) mass is 1690 g/mol. The standard InChI is InChI=1S/C24H66O18Si8.C19H48O20Si8/c1-25-44(18,39-43(15,16)17)40-50(38-14,24-20-46(29-5,30-6)31-7)42-49(36-12,37-13)23-22-48(34-10,35-11)41-47(32-8,33-9)21-19-45(26-2,27-3)28-4;1-19(20)31-13-14-44-35-45(38-46(28-9,29-10)37-44,18-16-42(24-5,25-6)26-7)33-40(12)32-43(27-8,36-47(30-11,34-40)39-44)17-15-41(21-2,22-3)23-4/h19-24H2,1-18H3;13-18H2,1-12H3. The normalized spacial score (nSPS) is 25.0. The zero-order chi connectivity index (χ0) is 74.2. The molecule has 7 unspecified atom stereocenters. The number of carbonyl (C=O) groups excluding carboxylic acids is 1. The van der Waals surface area contributed by atoms with Crippen molar-refractivity contribution in [1.82, 2.24) is 0 Å². The first-order chi connectivity index (χ1) is 45.4. The molecule has 0 aliphatic carbocycles. The average molecular weight is 1690 g/mol. The second kappa shape index (κ2) is 40.6. The van der Waals surface area contributed by atoms with Crippen molar-refractivity contribution in [3.8, 4) is 0 Å². The third-order valence-corrected chi connectivity index (χ3v) is 73.3. The molecule has 3 heterocycles. The highest BCUT2D eigenvalue weighted by Gasteiger charge is 2.80. The molecule has 97 heavy (non-hydrogen) atoms. The lowest BCUT2D eigenvalue weighted by molar-refractivity contribution is -0.140. The van der Waals surface area contributed by atoms with Crippen LogP contribution in [0, 0.1) is 0 Å². The van der Waals surface area contributed by atoms with E-state index in [0.717, 1.165) is 0 Å². The van der Waals surface area contributed by atoms with E-state index in [1.165, 1.54) is 170 Å². The first kappa shape index (κ1) is 94.6. The third kappa shape index (κ3) is 25.3. The van der Waals surface area contributed by atoms with Gasteiger partial charge in [-0.1, -0.05) is 0 Å². The second-order valence-corrected chi connectivity index (χ2v) is 71.9. The summed E-state index contributed by atoms with van der Waals surface area (Å²) in [6.07, 6.45) is 0. The molecule has 0 saturated carbocycles. The molecule has 3 saturated heterocycles. The molecular weight excluding hydrogens is 1570 g/mol. The van der Waals surface area contributed by atoms with Gasteiger partial charge in [0.1, 0.15) is 0 Å². The minimum atomic E-state index is -4.35. The van der Waals surface area contributed by atoms with E-state index in [4.69, 9.17) is 160 Å². The van der Waals surface area contributed by atoms with Crippen molar-refractivity contribution < 1.29 is 165 Å². The van der Waals surface area contributed by atoms with Gasteiger partial charge in [0.2, 0.25) is 0 Å². The van der Waals surface area contributed by atoms with Crippen molar-refractivity contribution in [2.75, 3.05) is 177 Å². The summed E-state index contributed by atoms with van der Waals surface area (Å²) in [6.45, 7) is 10.7. The van der Waals surface area contributed by atoms with Crippen molar-refractivity contribution in [3.63, 3.8) is 0 Å². The van der Waals surface area contributed by atoms with E-state index in [1.54, 1.807) is 13.7 Å². The van der Waals surface area contributed by atoms with Crippen LogP contribution in [0.4, 0.5) is 0 Å². The van der Waals surface area contributed by atoms with Crippen molar-refractivity contribution >= 4 is 147 Å². The van der Waals surface area contributed by atoms with Crippen LogP contribution in [0.1, 0.15) is 6.92 Å². The van der Waals surface area contributed by atoms with Gasteiger partial charge in [-0.25, -0.2) is 0 Å². The van der Waals surface area contributed by atoms with Gasteiger partial charge in [-0.3, -0.25) is 4.79 Å². The summed E-state index contributed by atoms with van der Waals surface area (Å²) in [5.74, 6) is -0.531. The fraction of sp³-hybridized carbons (Fsp3) is 0.977. The highest BCUT2D eigenvalue weighted by Crippen LogP contribution is 2.48. The van der Waals surface area contributed by atoms with Crippen molar-refractivity contribution in [1.29, 1.82) is 0 Å². The van der Waals surface area contributed by atoms with Gasteiger partial charge in [0.05, 0.1) is 12.7 Å². The van der Waals surface area contributed by atoms with E-state index in [1.807, 2.05) is 26.2 Å². The second-order valence-electron chi connectivity index (χ2n) is 22.1. The van der Waals surface area contributed by atoms with Crippen LogP contribution < -0.4 is 0 Å². The fourth-order valence-corrected chi connectivity index (χ4v) is 74.6. The van der Waals surface area contributed by atoms with Crippen LogP contribution in [0.25, 0.3) is 0 Å². The molecule has 0 spiro atoms. The predicted octanol–water partition coefficient (Wildman–Crippen LogP) is 3.46. The summed E-state index contributed by atoms with van der Waals surface area (Å²) in [4.78, 5) is 11.8. The van der Waals surface area contributed by atoms with Crippen LogP contribution in [0.2, 0.25) is 99.2 Å². The van der Waals surface area contributed by atoms with Crippen molar-refractivity contribution in [2.24, 2.45) is 0 Å². The van der Waals surface area contributed by atoms with Gasteiger partial charge in [-0.2, -0.15) is 0 Å². The molecule has 4 bridgehead atoms. The predicted molar refractivity (Wildman–Crippen MR) is 372 cm³/mol. The van der Waals surface area contributed by atoms with Crippen molar-refractivity contribution in [2.45, 2.75) is 106 Å². The SMILES string of the molecule is CO[Si](C)(O[Si](C)(C)C)O[Si](CC[Si](OC)(OC)OC)(OC)O[Si](CC[Si](OC)(OC)O[Si](CC[Si](OC)(OC)OC)(OC)OC)(OC)OC.CO[Si](CC[Si]12O[Si]3(C)O[Si](CC[Si](OC)(OC)OC)(OC)O[Si](OC)(O3)O[Si](CCOC(C)=O)(O1)O[Si](OC)(OC)O2)(OC)OC. The molecule has 0 aromatic rings. The zero-order valence-electron chi connectivity index (χ0n) is 62.5. The smallest absolute Gasteiger partial charge is 0.466 e. The molecule has 3 aliphatic heterocycles. The van der Waals surface area contributed by atoms with E-state index in [9.17, 15) is 4.79 Å². The van der Waals surface area contributed by atoms with Crippen LogP contribution in [0.3, 0.4) is 0 Å². The Kier molecular flexibility index (Phi) is 39.6. The van der Waals surface area contributed by atoms with Crippen LogP contribution in [-0.2, 0) is 165 Å². The van der Waals surface area contributed by atoms with E-state index in [0.29, 0.717) is 18.1 Å². The summed E-state index contributed by atoms with van der Waals surface area (Å²) < 4.78 is 225. The number of hydrogen-bond acceptors (Lipinski definition) is 38. The Morgan fingerprint density at radius 2 is 0.649 bits per heavy atom. The summed E-state index contributed by atoms with van der Waals surface area (Å²) >= 11 is 0. The molecular formula is C43H114O38Si16. The Morgan fingerprint density at radius 1 is 0.309 bits per heavy atom. The van der Waals surface area contributed by atoms with Crippen molar-refractivity contribution in [3.05, 3.63) is 0 Å². The van der Waals surface area contributed by atoms with Crippen LogP contribution in [-0.4, -0.2) is 324 Å². The Hall–Kier alpha value is 1.50. The Morgan fingerprint density at radius 3 is 0.979 bits per heavy atom. The summed E-state index contributed by atoms with van der Waals surface area (Å²) in [6, 6.07) is 1.98. The fourth-order valence-electron chi connectivity index (χ4n) is 10.1. The van der Waals surface area contributed by atoms with Gasteiger partial charge in [0.25, 0.3) is 0 Å². The van der Waals surface area contributed by atoms with E-state index < -0.39 is 147 Å². The molecule has 3 fully saturated rings. The minimum absolute atomic E-state index is 0.0392. The van der Waals surface area contributed by atoms with Gasteiger partial charge in [0, 0.05) is 251 Å². The van der Waals surface area contributed by atoms with Gasteiger partial charge in [0.15, 0.2) is 8.32 Å². The highest BCUT2D eigenvalue weighted by molar-refractivity contribution is 6.98. The van der Waals surface area contributed by atoms with Crippen LogP contribution in [0.5, 0.6) is 0 Å². The number of ether oxygens (including phenoxy) is 1. The molecule has 54 heteroatoms. The maximum Gasteiger partial charge on any atom is 0.664 e. The van der Waals surface area contributed by atoms with Crippen LogP contribution in [0.15, 0.2) is 0 Å². The summed E-state index contributed by atoms with van der Waals surface area (Å²) in [5.41, 5.74) is 0. The third-order valence-electron chi connectivity index (χ3n) is 15.6. The molecule has 38 nitrogen and oxygen atoms in total. The number of esters is 1. The highest BCUT2D eigenvalue weighted by atomic mass is 28.6. The lowest BCUT2D eigenvalue weighted by atomic mass is 10.8. The van der Waals surface area contributed by atoms with E-state index in [-0.39, 0.29) is 55.0 Å². The molecule has 0 aromatic carbocycles. The summed E-state index contributed by atoms with van der Waals surface area (Å²) in [5, 5.41) is 0. The minimum Gasteiger partial charge on any atom is -0.466 e. The Labute approximate surface area is 591 Å². The lowest BCUT2D eigenvalue weighted by Crippen LogP contribution is -2.84. The first-order valence-electron chi connectivity index (χ1n) is 30.2. The number of carbonyl (C=O) groups is 1. The maximum atomic E-state index is 11.8. The molecule has 0 N–H and O–H groups in total. The molecule has 0 radical (unpaired) electrons. The van der Waals surface area contributed by atoms with Gasteiger partial charge in [-0.05, 0) is 19.6 Å². The Bertz CT molecular complexity index is 2230. The molecule has 3 aliphatic rings. The molecule has 0 aromatic heterocycles. The quantitative estimate of drug-likeness (QED) is 0.0621. The van der Waals surface area contributed by atoms with Gasteiger partial charge < -0.3 is 160 Å². The van der Waals surface area contributed by atoms with Gasteiger partial charge in [-0.15, -0.1) is 0 Å². The lowest BCUT2D eigenvalue weighted by Gasteiger charge is -2.56. The number of hydrogen-bond donors (Lipinski definition) is 0. The average Bonchev–Trinajstić information content (AvgIpc) is 0.707. The summed E-state index contributed by atoms with van der Waals surface area (Å²) in [7, 11) is -21.5. The largest absolute Gasteiger partial charge is 0.664 e. The molecule has 3 rings (SSSR count). The van der Waals surface area contributed by atoms with Crippen LogP contribution >= 0.6 is 0 Å². The zero-order valence-corrected chi connectivity index (χ0v) is 78.5.